The first-order valence-electron chi connectivity index (χ1n) is 5.02. The van der Waals surface area contributed by atoms with E-state index in [1.807, 2.05) is 31.4 Å². The van der Waals surface area contributed by atoms with E-state index in [-0.39, 0.29) is 0 Å². The fourth-order valence-electron chi connectivity index (χ4n) is 1.38. The molecule has 0 fully saturated rings. The third-order valence-corrected chi connectivity index (χ3v) is 4.25. The first-order chi connectivity index (χ1) is 7.79. The summed E-state index contributed by atoms with van der Waals surface area (Å²) < 4.78 is 0.942. The molecule has 0 radical (unpaired) electrons. The number of rotatable bonds is 4. The summed E-state index contributed by atoms with van der Waals surface area (Å²) in [5.41, 5.74) is 1.12. The summed E-state index contributed by atoms with van der Waals surface area (Å²) in [7, 11) is 1.88. The van der Waals surface area contributed by atoms with Gasteiger partial charge in [0.25, 0.3) is 0 Å². The molecule has 0 aromatic carbocycles. The van der Waals surface area contributed by atoms with Gasteiger partial charge in [0.1, 0.15) is 4.60 Å². The SMILES string of the molecule is CNc1nc(Br)c(CCc2ccccn2)s1. The van der Waals surface area contributed by atoms with Crippen molar-refractivity contribution < 1.29 is 0 Å². The summed E-state index contributed by atoms with van der Waals surface area (Å²) in [5, 5.41) is 4.00. The molecule has 0 atom stereocenters. The Morgan fingerprint density at radius 1 is 1.38 bits per heavy atom. The molecule has 0 aliphatic rings. The number of halogens is 1. The molecular weight excluding hydrogens is 286 g/mol. The van der Waals surface area contributed by atoms with Gasteiger partial charge in [0.05, 0.1) is 0 Å². The maximum absolute atomic E-state index is 4.35. The monoisotopic (exact) mass is 297 g/mol. The fraction of sp³-hybridized carbons (Fsp3) is 0.273. The predicted molar refractivity (Wildman–Crippen MR) is 71.0 cm³/mol. The van der Waals surface area contributed by atoms with E-state index in [0.717, 1.165) is 28.3 Å². The van der Waals surface area contributed by atoms with Crippen molar-refractivity contribution in [3.05, 3.63) is 39.6 Å². The van der Waals surface area contributed by atoms with E-state index in [0.29, 0.717) is 0 Å². The summed E-state index contributed by atoms with van der Waals surface area (Å²) in [6, 6.07) is 6.00. The lowest BCUT2D eigenvalue weighted by Crippen LogP contribution is -1.92. The standard InChI is InChI=1S/C11H12BrN3S/c1-13-11-15-10(12)9(16-11)6-5-8-4-2-3-7-14-8/h2-4,7H,5-6H2,1H3,(H,13,15). The van der Waals surface area contributed by atoms with E-state index >= 15 is 0 Å². The number of pyridine rings is 1. The maximum atomic E-state index is 4.35. The van der Waals surface area contributed by atoms with Crippen molar-refractivity contribution in [3.63, 3.8) is 0 Å². The molecule has 0 saturated carbocycles. The van der Waals surface area contributed by atoms with Crippen molar-refractivity contribution in [2.45, 2.75) is 12.8 Å². The van der Waals surface area contributed by atoms with E-state index in [2.05, 4.69) is 31.2 Å². The molecule has 1 N–H and O–H groups in total. The minimum atomic E-state index is 0.942. The van der Waals surface area contributed by atoms with Crippen LogP contribution in [0.2, 0.25) is 0 Å². The molecule has 3 nitrogen and oxygen atoms in total. The molecule has 0 amide bonds. The number of hydrogen-bond donors (Lipinski definition) is 1. The van der Waals surface area contributed by atoms with Gasteiger partial charge >= 0.3 is 0 Å². The van der Waals surface area contributed by atoms with Crippen LogP contribution in [-0.2, 0) is 12.8 Å². The molecule has 2 rings (SSSR count). The van der Waals surface area contributed by atoms with E-state index < -0.39 is 0 Å². The molecule has 2 heterocycles. The second kappa shape index (κ2) is 5.41. The molecule has 0 aliphatic carbocycles. The zero-order valence-corrected chi connectivity index (χ0v) is 11.3. The van der Waals surface area contributed by atoms with Crippen molar-refractivity contribution in [1.29, 1.82) is 0 Å². The highest BCUT2D eigenvalue weighted by molar-refractivity contribution is 9.10. The lowest BCUT2D eigenvalue weighted by atomic mass is 10.2. The number of thiazole rings is 1. The first-order valence-corrected chi connectivity index (χ1v) is 6.63. The summed E-state index contributed by atoms with van der Waals surface area (Å²) in [6.07, 6.45) is 3.75. The molecule has 0 unspecified atom stereocenters. The average molecular weight is 298 g/mol. The number of aryl methyl sites for hydroxylation is 2. The van der Waals surface area contributed by atoms with E-state index in [9.17, 15) is 0 Å². The Morgan fingerprint density at radius 3 is 2.88 bits per heavy atom. The minimum Gasteiger partial charge on any atom is -0.365 e. The highest BCUT2D eigenvalue weighted by Crippen LogP contribution is 2.27. The Bertz CT molecular complexity index is 456. The van der Waals surface area contributed by atoms with E-state index in [1.165, 1.54) is 4.88 Å². The summed E-state index contributed by atoms with van der Waals surface area (Å²) in [4.78, 5) is 9.91. The van der Waals surface area contributed by atoms with Crippen molar-refractivity contribution >= 4 is 32.4 Å². The number of aromatic nitrogens is 2. The quantitative estimate of drug-likeness (QED) is 0.942. The van der Waals surface area contributed by atoms with Crippen LogP contribution in [0, 0.1) is 0 Å². The van der Waals surface area contributed by atoms with Gasteiger partial charge in [-0.2, -0.15) is 0 Å². The minimum absolute atomic E-state index is 0.942. The van der Waals surface area contributed by atoms with Gasteiger partial charge in [-0.25, -0.2) is 4.98 Å². The Kier molecular flexibility index (Phi) is 3.90. The summed E-state index contributed by atoms with van der Waals surface area (Å²) >= 11 is 5.15. The third-order valence-electron chi connectivity index (χ3n) is 2.20. The molecule has 84 valence electrons. The van der Waals surface area contributed by atoms with Crippen LogP contribution in [-0.4, -0.2) is 17.0 Å². The second-order valence-electron chi connectivity index (χ2n) is 3.30. The van der Waals surface area contributed by atoms with Crippen molar-refractivity contribution in [1.82, 2.24) is 9.97 Å². The number of hydrogen-bond acceptors (Lipinski definition) is 4. The highest BCUT2D eigenvalue weighted by Gasteiger charge is 2.07. The molecule has 16 heavy (non-hydrogen) atoms. The van der Waals surface area contributed by atoms with Crippen LogP contribution in [0.5, 0.6) is 0 Å². The highest BCUT2D eigenvalue weighted by atomic mass is 79.9. The average Bonchev–Trinajstić information content (AvgIpc) is 2.69. The Labute approximate surface area is 107 Å². The Hall–Kier alpha value is -0.940. The molecule has 5 heteroatoms. The third kappa shape index (κ3) is 2.80. The van der Waals surface area contributed by atoms with E-state index in [1.54, 1.807) is 11.3 Å². The topological polar surface area (TPSA) is 37.8 Å². The molecule has 0 spiro atoms. The Balaban J connectivity index is 2.02. The van der Waals surface area contributed by atoms with Gasteiger partial charge in [0, 0.05) is 23.8 Å². The van der Waals surface area contributed by atoms with Gasteiger partial charge in [-0.1, -0.05) is 6.07 Å². The van der Waals surface area contributed by atoms with Crippen molar-refractivity contribution in [3.8, 4) is 0 Å². The van der Waals surface area contributed by atoms with Gasteiger partial charge in [-0.15, -0.1) is 11.3 Å². The first kappa shape index (κ1) is 11.5. The van der Waals surface area contributed by atoms with Gasteiger partial charge in [0.2, 0.25) is 0 Å². The number of nitrogens with zero attached hydrogens (tertiary/aromatic N) is 2. The van der Waals surface area contributed by atoms with Crippen LogP contribution >= 0.6 is 27.3 Å². The van der Waals surface area contributed by atoms with Gasteiger partial charge in [-0.05, 0) is 40.9 Å². The van der Waals surface area contributed by atoms with Crippen LogP contribution in [0.25, 0.3) is 0 Å². The normalized spacial score (nSPS) is 10.4. The zero-order valence-electron chi connectivity index (χ0n) is 8.90. The van der Waals surface area contributed by atoms with Crippen molar-refractivity contribution in [2.75, 3.05) is 12.4 Å². The van der Waals surface area contributed by atoms with Crippen LogP contribution in [0.15, 0.2) is 29.0 Å². The molecule has 2 aromatic heterocycles. The van der Waals surface area contributed by atoms with Crippen LogP contribution in [0.3, 0.4) is 0 Å². The van der Waals surface area contributed by atoms with Gasteiger partial charge < -0.3 is 5.32 Å². The fourth-order valence-corrected chi connectivity index (χ4v) is 2.92. The van der Waals surface area contributed by atoms with Crippen LogP contribution in [0.4, 0.5) is 5.13 Å². The predicted octanol–water partition coefficient (Wildman–Crippen LogP) is 3.13. The molecular formula is C11H12BrN3S. The Morgan fingerprint density at radius 2 is 2.25 bits per heavy atom. The molecule has 0 saturated heterocycles. The molecule has 0 bridgehead atoms. The van der Waals surface area contributed by atoms with Gasteiger partial charge in [0.15, 0.2) is 5.13 Å². The molecule has 0 aliphatic heterocycles. The maximum Gasteiger partial charge on any atom is 0.183 e. The van der Waals surface area contributed by atoms with Crippen LogP contribution < -0.4 is 5.32 Å². The molecule has 2 aromatic rings. The van der Waals surface area contributed by atoms with Gasteiger partial charge in [-0.3, -0.25) is 4.98 Å². The number of nitrogens with one attached hydrogen (secondary N) is 1. The van der Waals surface area contributed by atoms with E-state index in [4.69, 9.17) is 0 Å². The second-order valence-corrected chi connectivity index (χ2v) is 5.14. The zero-order chi connectivity index (χ0) is 11.4. The van der Waals surface area contributed by atoms with Crippen molar-refractivity contribution in [2.24, 2.45) is 0 Å². The lowest BCUT2D eigenvalue weighted by Gasteiger charge is -1.98. The van der Waals surface area contributed by atoms with Crippen LogP contribution in [0.1, 0.15) is 10.6 Å². The summed E-state index contributed by atoms with van der Waals surface area (Å²) in [5.74, 6) is 0. The largest absolute Gasteiger partial charge is 0.365 e. The smallest absolute Gasteiger partial charge is 0.183 e. The summed E-state index contributed by atoms with van der Waals surface area (Å²) in [6.45, 7) is 0. The lowest BCUT2D eigenvalue weighted by molar-refractivity contribution is 0.921. The number of anilines is 1.